The summed E-state index contributed by atoms with van der Waals surface area (Å²) in [5.41, 5.74) is 2.30. The fraction of sp³-hybridized carbons (Fsp3) is 0.267. The minimum atomic E-state index is -0.314. The topological polar surface area (TPSA) is 22.0 Å². The molecule has 0 bridgehead atoms. The first-order chi connectivity index (χ1) is 9.15. The van der Waals surface area contributed by atoms with E-state index in [0.29, 0.717) is 23.6 Å². The second-order valence-electron chi connectivity index (χ2n) is 4.85. The zero-order valence-corrected chi connectivity index (χ0v) is 11.1. The maximum absolute atomic E-state index is 13.7. The number of aryl methyl sites for hydroxylation is 1. The van der Waals surface area contributed by atoms with Crippen molar-refractivity contribution in [3.63, 3.8) is 0 Å². The highest BCUT2D eigenvalue weighted by molar-refractivity contribution is 6.31. The van der Waals surface area contributed by atoms with E-state index < -0.39 is 0 Å². The van der Waals surface area contributed by atoms with Gasteiger partial charge >= 0.3 is 0 Å². The van der Waals surface area contributed by atoms with Crippen molar-refractivity contribution < 1.29 is 9.18 Å². The molecule has 98 valence electrons. The van der Waals surface area contributed by atoms with Crippen LogP contribution in [-0.2, 0) is 13.0 Å². The van der Waals surface area contributed by atoms with Crippen LogP contribution in [0, 0.1) is 5.82 Å². The van der Waals surface area contributed by atoms with Gasteiger partial charge in [-0.1, -0.05) is 17.7 Å². The van der Waals surface area contributed by atoms with Crippen LogP contribution in [0.4, 0.5) is 4.39 Å². The van der Waals surface area contributed by atoms with Crippen LogP contribution in [0.15, 0.2) is 30.6 Å². The third-order valence-electron chi connectivity index (χ3n) is 3.52. The van der Waals surface area contributed by atoms with Gasteiger partial charge in [-0.05, 0) is 30.5 Å². The number of carbonyl (C=O) groups excluding carboxylic acids is 1. The molecule has 0 amide bonds. The number of rotatable bonds is 2. The van der Waals surface area contributed by atoms with Crippen LogP contribution in [0.5, 0.6) is 0 Å². The minimum Gasteiger partial charge on any atom is -0.349 e. The van der Waals surface area contributed by atoms with Crippen molar-refractivity contribution in [2.24, 2.45) is 0 Å². The van der Waals surface area contributed by atoms with E-state index in [4.69, 9.17) is 11.6 Å². The molecule has 0 radical (unpaired) electrons. The molecular weight excluding hydrogens is 265 g/mol. The van der Waals surface area contributed by atoms with Gasteiger partial charge in [0.2, 0.25) is 0 Å². The van der Waals surface area contributed by atoms with Crippen molar-refractivity contribution in [2.75, 3.05) is 0 Å². The van der Waals surface area contributed by atoms with E-state index in [1.165, 1.54) is 6.07 Å². The number of benzene rings is 1. The van der Waals surface area contributed by atoms with Gasteiger partial charge in [0.1, 0.15) is 5.82 Å². The molecule has 4 heteroatoms. The van der Waals surface area contributed by atoms with Gasteiger partial charge in [0.25, 0.3) is 0 Å². The average molecular weight is 278 g/mol. The molecule has 1 aliphatic rings. The Labute approximate surface area is 115 Å². The van der Waals surface area contributed by atoms with Gasteiger partial charge in [-0.3, -0.25) is 4.79 Å². The maximum Gasteiger partial charge on any atom is 0.164 e. The highest BCUT2D eigenvalue weighted by Gasteiger charge is 2.19. The number of fused-ring (bicyclic) bond motifs is 1. The van der Waals surface area contributed by atoms with Gasteiger partial charge in [0.15, 0.2) is 5.78 Å². The third-order valence-corrected chi connectivity index (χ3v) is 3.87. The minimum absolute atomic E-state index is 0.180. The largest absolute Gasteiger partial charge is 0.349 e. The quantitative estimate of drug-likeness (QED) is 0.817. The van der Waals surface area contributed by atoms with Crippen LogP contribution in [0.25, 0.3) is 0 Å². The summed E-state index contributed by atoms with van der Waals surface area (Å²) >= 11 is 6.01. The summed E-state index contributed by atoms with van der Waals surface area (Å²) in [6, 6.07) is 4.66. The smallest absolute Gasteiger partial charge is 0.164 e. The van der Waals surface area contributed by atoms with Gasteiger partial charge < -0.3 is 4.57 Å². The van der Waals surface area contributed by atoms with Gasteiger partial charge in [-0.15, -0.1) is 0 Å². The number of Topliss-reactive ketones (excluding diaryl/α,β-unsaturated/α-hetero) is 1. The van der Waals surface area contributed by atoms with Gasteiger partial charge in [0, 0.05) is 35.0 Å². The first-order valence-electron chi connectivity index (χ1n) is 6.30. The Kier molecular flexibility index (Phi) is 3.15. The lowest BCUT2D eigenvalue weighted by Gasteiger charge is -2.07. The molecule has 3 rings (SSSR count). The first kappa shape index (κ1) is 12.4. The Balaban J connectivity index is 1.94. The second-order valence-corrected chi connectivity index (χ2v) is 5.25. The first-order valence-corrected chi connectivity index (χ1v) is 6.67. The highest BCUT2D eigenvalue weighted by atomic mass is 35.5. The van der Waals surface area contributed by atoms with Crippen molar-refractivity contribution >= 4 is 17.4 Å². The molecule has 0 saturated heterocycles. The highest BCUT2D eigenvalue weighted by Crippen LogP contribution is 2.25. The molecule has 0 fully saturated rings. The van der Waals surface area contributed by atoms with E-state index >= 15 is 0 Å². The maximum atomic E-state index is 13.7. The zero-order chi connectivity index (χ0) is 13.4. The number of carbonyl (C=O) groups is 1. The lowest BCUT2D eigenvalue weighted by Crippen LogP contribution is -2.07. The van der Waals surface area contributed by atoms with E-state index in [0.717, 1.165) is 24.0 Å². The molecule has 1 heterocycles. The van der Waals surface area contributed by atoms with Crippen molar-refractivity contribution in [1.29, 1.82) is 0 Å². The van der Waals surface area contributed by atoms with Crippen LogP contribution in [0.2, 0.25) is 5.02 Å². The second kappa shape index (κ2) is 4.82. The molecule has 0 spiro atoms. The SMILES string of the molecule is O=C1CCCc2cn(Cc3c(F)cccc3Cl)cc21. The summed E-state index contributed by atoms with van der Waals surface area (Å²) in [7, 11) is 0. The van der Waals surface area contributed by atoms with Gasteiger partial charge in [-0.2, -0.15) is 0 Å². The van der Waals surface area contributed by atoms with Crippen LogP contribution in [-0.4, -0.2) is 10.4 Å². The Morgan fingerprint density at radius 1 is 1.26 bits per heavy atom. The molecule has 1 aliphatic carbocycles. The molecule has 2 nitrogen and oxygen atoms in total. The van der Waals surface area contributed by atoms with Gasteiger partial charge in [0.05, 0.1) is 6.54 Å². The Morgan fingerprint density at radius 3 is 2.84 bits per heavy atom. The van der Waals surface area contributed by atoms with E-state index in [2.05, 4.69) is 0 Å². The van der Waals surface area contributed by atoms with Crippen LogP contribution in [0.3, 0.4) is 0 Å². The fourth-order valence-corrected chi connectivity index (χ4v) is 2.76. The molecule has 2 aromatic rings. The number of hydrogen-bond acceptors (Lipinski definition) is 1. The summed E-state index contributed by atoms with van der Waals surface area (Å²) in [4.78, 5) is 11.8. The fourth-order valence-electron chi connectivity index (χ4n) is 2.54. The third kappa shape index (κ3) is 2.30. The van der Waals surface area contributed by atoms with Crippen LogP contribution in [0.1, 0.15) is 34.3 Å². The monoisotopic (exact) mass is 277 g/mol. The number of hydrogen-bond donors (Lipinski definition) is 0. The number of halogens is 2. The standard InChI is InChI=1S/C15H13ClFNO/c16-13-4-2-5-14(17)12(13)9-18-7-10-3-1-6-15(19)11(10)8-18/h2,4-5,7-8H,1,3,6,9H2. The zero-order valence-electron chi connectivity index (χ0n) is 10.3. The molecular formula is C15H13ClFNO. The predicted molar refractivity (Wildman–Crippen MR) is 72.2 cm³/mol. The summed E-state index contributed by atoms with van der Waals surface area (Å²) < 4.78 is 15.6. The van der Waals surface area contributed by atoms with Crippen LogP contribution >= 0.6 is 11.6 Å². The lowest BCUT2D eigenvalue weighted by molar-refractivity contribution is 0.0973. The number of aromatic nitrogens is 1. The van der Waals surface area contributed by atoms with Gasteiger partial charge in [-0.25, -0.2) is 4.39 Å². The number of nitrogens with zero attached hydrogens (tertiary/aromatic N) is 1. The van der Waals surface area contributed by atoms with Crippen molar-refractivity contribution in [3.8, 4) is 0 Å². The Hall–Kier alpha value is -1.61. The van der Waals surface area contributed by atoms with E-state index in [1.54, 1.807) is 18.3 Å². The summed E-state index contributed by atoms with van der Waals surface area (Å²) in [5, 5.41) is 0.415. The molecule has 0 aliphatic heterocycles. The molecule has 0 unspecified atom stereocenters. The van der Waals surface area contributed by atoms with E-state index in [9.17, 15) is 9.18 Å². The molecule has 19 heavy (non-hydrogen) atoms. The average Bonchev–Trinajstić information content (AvgIpc) is 2.78. The lowest BCUT2D eigenvalue weighted by atomic mass is 9.95. The predicted octanol–water partition coefficient (Wildman–Crippen LogP) is 3.85. The van der Waals surface area contributed by atoms with Crippen molar-refractivity contribution in [2.45, 2.75) is 25.8 Å². The number of ketones is 1. The Morgan fingerprint density at radius 2 is 2.11 bits per heavy atom. The molecule has 0 N–H and O–H groups in total. The van der Waals surface area contributed by atoms with Crippen molar-refractivity contribution in [3.05, 3.63) is 58.1 Å². The summed E-state index contributed by atoms with van der Waals surface area (Å²) in [5.74, 6) is -0.134. The summed E-state index contributed by atoms with van der Waals surface area (Å²) in [6.45, 7) is 0.353. The normalized spacial score (nSPS) is 14.5. The molecule has 1 aromatic heterocycles. The molecule has 0 saturated carbocycles. The molecule has 1 aromatic carbocycles. The molecule has 0 atom stereocenters. The Bertz CT molecular complexity index is 627. The van der Waals surface area contributed by atoms with E-state index in [1.807, 2.05) is 10.8 Å². The van der Waals surface area contributed by atoms with Crippen molar-refractivity contribution in [1.82, 2.24) is 4.57 Å². The van der Waals surface area contributed by atoms with Crippen LogP contribution < -0.4 is 0 Å². The summed E-state index contributed by atoms with van der Waals surface area (Å²) in [6.07, 6.45) is 6.15. The van der Waals surface area contributed by atoms with E-state index in [-0.39, 0.29) is 11.6 Å².